The molecular formula is C20H20ClFN8O4. The van der Waals surface area contributed by atoms with Crippen molar-refractivity contribution in [1.29, 1.82) is 0 Å². The van der Waals surface area contributed by atoms with Crippen LogP contribution < -0.4 is 15.6 Å². The fraction of sp³-hybridized carbons (Fsp3) is 0.150. The molecule has 12 nitrogen and oxygen atoms in total. The molecule has 3 aromatic rings. The molecule has 0 aliphatic carbocycles. The third-order valence-corrected chi connectivity index (χ3v) is 4.03. The van der Waals surface area contributed by atoms with Crippen LogP contribution in [0.4, 0.5) is 33.6 Å². The topological polar surface area (TPSA) is 159 Å². The second-order valence-electron chi connectivity index (χ2n) is 6.66. The number of aliphatic carboxylic acids is 1. The van der Waals surface area contributed by atoms with Gasteiger partial charge in [0.15, 0.2) is 0 Å². The lowest BCUT2D eigenvalue weighted by atomic mass is 10.2. The van der Waals surface area contributed by atoms with E-state index in [9.17, 15) is 14.5 Å². The molecule has 0 saturated heterocycles. The lowest BCUT2D eigenvalue weighted by Crippen LogP contribution is -2.15. The number of carboxylic acid groups (broad SMARTS) is 1. The van der Waals surface area contributed by atoms with Crippen LogP contribution in [0.3, 0.4) is 0 Å². The highest BCUT2D eigenvalue weighted by atomic mass is 35.5. The van der Waals surface area contributed by atoms with Crippen molar-refractivity contribution in [3.63, 3.8) is 0 Å². The molecule has 178 valence electrons. The number of rotatable bonds is 7. The van der Waals surface area contributed by atoms with Gasteiger partial charge in [-0.15, -0.1) is 0 Å². The van der Waals surface area contributed by atoms with Crippen LogP contribution in [0, 0.1) is 15.9 Å². The smallest absolute Gasteiger partial charge is 0.300 e. The summed E-state index contributed by atoms with van der Waals surface area (Å²) in [5.74, 6) is -0.509. The highest BCUT2D eigenvalue weighted by Gasteiger charge is 2.10. The number of halogens is 2. The lowest BCUT2D eigenvalue weighted by molar-refractivity contribution is -0.384. The van der Waals surface area contributed by atoms with E-state index in [1.165, 1.54) is 36.5 Å². The monoisotopic (exact) mass is 490 g/mol. The molecule has 0 radical (unpaired) electrons. The van der Waals surface area contributed by atoms with Crippen LogP contribution in [-0.4, -0.2) is 51.3 Å². The maximum Gasteiger partial charge on any atom is 0.300 e. The van der Waals surface area contributed by atoms with E-state index in [0.29, 0.717) is 22.2 Å². The Hall–Kier alpha value is -4.39. The van der Waals surface area contributed by atoms with Crippen molar-refractivity contribution in [2.45, 2.75) is 6.92 Å². The van der Waals surface area contributed by atoms with Crippen LogP contribution >= 0.6 is 11.6 Å². The average Bonchev–Trinajstić information content (AvgIpc) is 2.76. The predicted octanol–water partition coefficient (Wildman–Crippen LogP) is 3.92. The van der Waals surface area contributed by atoms with E-state index in [4.69, 9.17) is 21.5 Å². The fourth-order valence-electron chi connectivity index (χ4n) is 2.24. The van der Waals surface area contributed by atoms with Gasteiger partial charge in [0.2, 0.25) is 17.8 Å². The van der Waals surface area contributed by atoms with Gasteiger partial charge >= 0.3 is 0 Å². The summed E-state index contributed by atoms with van der Waals surface area (Å²) >= 11 is 6.05. The van der Waals surface area contributed by atoms with Gasteiger partial charge in [-0.3, -0.25) is 14.9 Å². The first kappa shape index (κ1) is 25.9. The molecule has 0 amide bonds. The van der Waals surface area contributed by atoms with E-state index < -0.39 is 10.9 Å². The van der Waals surface area contributed by atoms with Gasteiger partial charge in [-0.2, -0.15) is 20.1 Å². The average molecular weight is 491 g/mol. The molecule has 1 aromatic heterocycles. The number of carboxylic acids is 1. The summed E-state index contributed by atoms with van der Waals surface area (Å²) < 4.78 is 13.1. The zero-order valence-electron chi connectivity index (χ0n) is 18.2. The van der Waals surface area contributed by atoms with E-state index in [0.717, 1.165) is 6.92 Å². The van der Waals surface area contributed by atoms with Gasteiger partial charge in [-0.25, -0.2) is 9.82 Å². The minimum absolute atomic E-state index is 0.110. The Morgan fingerprint density at radius 1 is 1.18 bits per heavy atom. The number of hydrogen-bond acceptors (Lipinski definition) is 10. The molecular weight excluding hydrogens is 471 g/mol. The molecule has 0 unspecified atom stereocenters. The number of nitrogens with zero attached hydrogens (tertiary/aromatic N) is 6. The Balaban J connectivity index is 0.000000945. The Morgan fingerprint density at radius 2 is 1.79 bits per heavy atom. The summed E-state index contributed by atoms with van der Waals surface area (Å²) in [7, 11) is 3.51. The van der Waals surface area contributed by atoms with E-state index in [1.54, 1.807) is 31.1 Å². The standard InChI is InChI=1S/C18H16ClFN8O2.C2H4O2/c1-27(2)18-24-16(22-13-5-3-12(20)4-6-13)23-17(25-18)26-21-10-11-9-14(28(29)30)7-8-15(11)19;1-2(3)4/h3-10H,1-2H3,(H2,22,23,24,25,26);1H3,(H,3,4)/b21-10+;. The molecule has 14 heteroatoms. The Morgan fingerprint density at radius 3 is 2.38 bits per heavy atom. The summed E-state index contributed by atoms with van der Waals surface area (Å²) in [6.07, 6.45) is 1.32. The van der Waals surface area contributed by atoms with Gasteiger partial charge < -0.3 is 15.3 Å². The molecule has 3 rings (SSSR count). The summed E-state index contributed by atoms with van der Waals surface area (Å²) in [4.78, 5) is 33.8. The van der Waals surface area contributed by atoms with Crippen LogP contribution in [0.25, 0.3) is 0 Å². The third-order valence-electron chi connectivity index (χ3n) is 3.68. The van der Waals surface area contributed by atoms with Crippen molar-refractivity contribution in [2.24, 2.45) is 5.10 Å². The second-order valence-corrected chi connectivity index (χ2v) is 7.07. The molecule has 0 fully saturated rings. The molecule has 1 heterocycles. The lowest BCUT2D eigenvalue weighted by Gasteiger charge is -2.13. The number of non-ortho nitro benzene ring substituents is 1. The molecule has 3 N–H and O–H groups in total. The number of hydrogen-bond donors (Lipinski definition) is 3. The van der Waals surface area contributed by atoms with Gasteiger partial charge in [0, 0.05) is 49.4 Å². The predicted molar refractivity (Wildman–Crippen MR) is 126 cm³/mol. The normalized spacial score (nSPS) is 10.3. The highest BCUT2D eigenvalue weighted by molar-refractivity contribution is 6.33. The Labute approximate surface area is 198 Å². The van der Waals surface area contributed by atoms with Crippen LogP contribution in [0.1, 0.15) is 12.5 Å². The molecule has 0 aliphatic heterocycles. The Kier molecular flexibility index (Phi) is 9.14. The number of benzene rings is 2. The maximum absolute atomic E-state index is 13.1. The van der Waals surface area contributed by atoms with Gasteiger partial charge in [0.25, 0.3) is 11.7 Å². The van der Waals surface area contributed by atoms with Crippen molar-refractivity contribution in [3.05, 3.63) is 69.0 Å². The highest BCUT2D eigenvalue weighted by Crippen LogP contribution is 2.21. The number of carbonyl (C=O) groups is 1. The third kappa shape index (κ3) is 8.27. The second kappa shape index (κ2) is 12.0. The number of aromatic nitrogens is 3. The van der Waals surface area contributed by atoms with Crippen molar-refractivity contribution in [1.82, 2.24) is 15.0 Å². The minimum atomic E-state index is -0.833. The minimum Gasteiger partial charge on any atom is -0.481 e. The zero-order chi connectivity index (χ0) is 25.3. The number of nitrogens with one attached hydrogen (secondary N) is 2. The van der Waals surface area contributed by atoms with Gasteiger partial charge in [0.05, 0.1) is 11.1 Å². The molecule has 2 aromatic carbocycles. The largest absolute Gasteiger partial charge is 0.481 e. The van der Waals surface area contributed by atoms with Crippen LogP contribution in [-0.2, 0) is 4.79 Å². The molecule has 0 aliphatic rings. The first-order valence-corrected chi connectivity index (χ1v) is 9.81. The molecule has 0 saturated carbocycles. The van der Waals surface area contributed by atoms with Gasteiger partial charge in [-0.1, -0.05) is 11.6 Å². The summed E-state index contributed by atoms with van der Waals surface area (Å²) in [5.41, 5.74) is 3.48. The van der Waals surface area contributed by atoms with Crippen molar-refractivity contribution in [2.75, 3.05) is 29.7 Å². The SMILES string of the molecule is CC(=O)O.CN(C)c1nc(N/N=C/c2cc([N+](=O)[O-])ccc2Cl)nc(Nc2ccc(F)cc2)n1. The summed E-state index contributed by atoms with van der Waals surface area (Å²) in [5, 5.41) is 25.6. The molecule has 0 spiro atoms. The number of nitro groups is 1. The fourth-order valence-corrected chi connectivity index (χ4v) is 2.40. The van der Waals surface area contributed by atoms with Crippen molar-refractivity contribution >= 4 is 53.0 Å². The van der Waals surface area contributed by atoms with E-state index in [1.807, 2.05) is 0 Å². The summed E-state index contributed by atoms with van der Waals surface area (Å²) in [6.45, 7) is 1.08. The Bertz CT molecular complexity index is 1190. The summed E-state index contributed by atoms with van der Waals surface area (Å²) in [6, 6.07) is 9.72. The van der Waals surface area contributed by atoms with Gasteiger partial charge in [-0.05, 0) is 30.3 Å². The van der Waals surface area contributed by atoms with Crippen LogP contribution in [0.15, 0.2) is 47.6 Å². The molecule has 0 atom stereocenters. The first-order valence-electron chi connectivity index (χ1n) is 9.43. The molecule has 0 bridgehead atoms. The number of anilines is 4. The number of hydrazone groups is 1. The van der Waals surface area contributed by atoms with Crippen molar-refractivity contribution < 1.29 is 19.2 Å². The van der Waals surface area contributed by atoms with E-state index in [-0.39, 0.29) is 23.4 Å². The van der Waals surface area contributed by atoms with E-state index >= 15 is 0 Å². The van der Waals surface area contributed by atoms with Crippen molar-refractivity contribution in [3.8, 4) is 0 Å². The maximum atomic E-state index is 13.1. The van der Waals surface area contributed by atoms with Gasteiger partial charge in [0.1, 0.15) is 5.82 Å². The molecule has 34 heavy (non-hydrogen) atoms. The quantitative estimate of drug-likeness (QED) is 0.251. The zero-order valence-corrected chi connectivity index (χ0v) is 19.0. The van der Waals surface area contributed by atoms with Crippen LogP contribution in [0.5, 0.6) is 0 Å². The van der Waals surface area contributed by atoms with Crippen LogP contribution in [0.2, 0.25) is 5.02 Å². The van der Waals surface area contributed by atoms with E-state index in [2.05, 4.69) is 30.8 Å². The number of nitro benzene ring substituents is 1. The first-order chi connectivity index (χ1) is 16.0.